The van der Waals surface area contributed by atoms with Gasteiger partial charge in [-0.15, -0.1) is 6.58 Å². The van der Waals surface area contributed by atoms with E-state index in [1.165, 1.54) is 0 Å². The number of nitrogens with zero attached hydrogens (tertiary/aromatic N) is 3. The highest BCUT2D eigenvalue weighted by Crippen LogP contribution is 2.21. The Morgan fingerprint density at radius 2 is 2.17 bits per heavy atom. The molecule has 7 nitrogen and oxygen atoms in total. The largest absolute Gasteiger partial charge is 0.351 e. The van der Waals surface area contributed by atoms with Crippen molar-refractivity contribution in [3.8, 4) is 0 Å². The first-order valence-corrected chi connectivity index (χ1v) is 8.51. The second-order valence-electron chi connectivity index (χ2n) is 6.09. The van der Waals surface area contributed by atoms with Crippen LogP contribution in [0.4, 0.5) is 5.69 Å². The molecule has 2 N–H and O–H groups in total. The fraction of sp³-hybridized carbons (Fsp3) is 0.588. The molecule has 0 unspecified atom stereocenters. The Morgan fingerprint density at radius 1 is 1.46 bits per heavy atom. The quantitative estimate of drug-likeness (QED) is 0.736. The SMILES string of the molecule is C=CCNC(=O)[C@H](C)N1CCC(C(=O)Nc2cnn(CC)c2)CC1. The third-order valence-electron chi connectivity index (χ3n) is 4.47. The van der Waals surface area contributed by atoms with Gasteiger partial charge in [-0.2, -0.15) is 5.10 Å². The second kappa shape index (κ2) is 8.63. The van der Waals surface area contributed by atoms with Gasteiger partial charge in [0.25, 0.3) is 0 Å². The van der Waals surface area contributed by atoms with Crippen LogP contribution in [-0.4, -0.2) is 52.2 Å². The summed E-state index contributed by atoms with van der Waals surface area (Å²) in [5.41, 5.74) is 0.737. The molecule has 2 amide bonds. The van der Waals surface area contributed by atoms with E-state index in [0.29, 0.717) is 6.54 Å². The fourth-order valence-corrected chi connectivity index (χ4v) is 2.88. The van der Waals surface area contributed by atoms with Crippen LogP contribution in [0.5, 0.6) is 0 Å². The molecule has 0 bridgehead atoms. The highest BCUT2D eigenvalue weighted by Gasteiger charge is 2.29. The topological polar surface area (TPSA) is 79.3 Å². The molecular weight excluding hydrogens is 306 g/mol. The van der Waals surface area contributed by atoms with E-state index >= 15 is 0 Å². The average Bonchev–Trinajstić information content (AvgIpc) is 3.06. The zero-order valence-electron chi connectivity index (χ0n) is 14.5. The van der Waals surface area contributed by atoms with Crippen LogP contribution < -0.4 is 10.6 Å². The Bertz CT molecular complexity index is 575. The minimum atomic E-state index is -0.184. The minimum absolute atomic E-state index is 0.00443. The van der Waals surface area contributed by atoms with Crippen molar-refractivity contribution in [3.05, 3.63) is 25.0 Å². The summed E-state index contributed by atoms with van der Waals surface area (Å²) in [7, 11) is 0. The number of nitrogens with one attached hydrogen (secondary N) is 2. The van der Waals surface area contributed by atoms with Gasteiger partial charge in [0.2, 0.25) is 11.8 Å². The number of aryl methyl sites for hydroxylation is 1. The molecule has 2 rings (SSSR count). The number of piperidine rings is 1. The molecule has 132 valence electrons. The van der Waals surface area contributed by atoms with Crippen molar-refractivity contribution < 1.29 is 9.59 Å². The van der Waals surface area contributed by atoms with Crippen molar-refractivity contribution in [2.75, 3.05) is 25.0 Å². The van der Waals surface area contributed by atoms with E-state index in [1.54, 1.807) is 17.0 Å². The second-order valence-corrected chi connectivity index (χ2v) is 6.09. The number of amides is 2. The molecule has 1 aromatic heterocycles. The molecule has 0 spiro atoms. The van der Waals surface area contributed by atoms with E-state index < -0.39 is 0 Å². The first-order chi connectivity index (χ1) is 11.5. The summed E-state index contributed by atoms with van der Waals surface area (Å²) in [6.45, 7) is 10.2. The van der Waals surface area contributed by atoms with Gasteiger partial charge in [0.15, 0.2) is 0 Å². The van der Waals surface area contributed by atoms with Crippen LogP contribution >= 0.6 is 0 Å². The molecule has 0 saturated carbocycles. The molecule has 24 heavy (non-hydrogen) atoms. The molecule has 1 atom stereocenters. The Kier molecular flexibility index (Phi) is 6.54. The third kappa shape index (κ3) is 4.67. The summed E-state index contributed by atoms with van der Waals surface area (Å²) in [5, 5.41) is 9.90. The molecule has 0 radical (unpaired) electrons. The summed E-state index contributed by atoms with van der Waals surface area (Å²) in [6.07, 6.45) is 6.68. The lowest BCUT2D eigenvalue weighted by Gasteiger charge is -2.34. The zero-order chi connectivity index (χ0) is 17.5. The number of hydrogen-bond donors (Lipinski definition) is 2. The van der Waals surface area contributed by atoms with E-state index in [2.05, 4.69) is 27.2 Å². The molecule has 1 aliphatic rings. The van der Waals surface area contributed by atoms with E-state index in [9.17, 15) is 9.59 Å². The predicted octanol–water partition coefficient (Wildman–Crippen LogP) is 1.24. The minimum Gasteiger partial charge on any atom is -0.351 e. The van der Waals surface area contributed by atoms with E-state index in [1.807, 2.05) is 20.0 Å². The summed E-state index contributed by atoms with van der Waals surface area (Å²) in [5.74, 6) is 0.0218. The average molecular weight is 333 g/mol. The molecule has 7 heteroatoms. The van der Waals surface area contributed by atoms with Gasteiger partial charge < -0.3 is 10.6 Å². The van der Waals surface area contributed by atoms with Crippen molar-refractivity contribution in [3.63, 3.8) is 0 Å². The zero-order valence-corrected chi connectivity index (χ0v) is 14.5. The summed E-state index contributed by atoms with van der Waals surface area (Å²) in [4.78, 5) is 26.5. The van der Waals surface area contributed by atoms with Gasteiger partial charge in [0.05, 0.1) is 17.9 Å². The molecule has 0 aliphatic carbocycles. The Morgan fingerprint density at radius 3 is 2.75 bits per heavy atom. The van der Waals surface area contributed by atoms with Crippen LogP contribution in [0.15, 0.2) is 25.0 Å². The Balaban J connectivity index is 1.80. The summed E-state index contributed by atoms with van der Waals surface area (Å²) < 4.78 is 1.78. The Hall–Kier alpha value is -2.15. The number of aromatic nitrogens is 2. The number of rotatable bonds is 7. The normalized spacial score (nSPS) is 17.2. The fourth-order valence-electron chi connectivity index (χ4n) is 2.88. The van der Waals surface area contributed by atoms with Crippen LogP contribution in [0.2, 0.25) is 0 Å². The standard InChI is InChI=1S/C17H27N5O2/c1-4-8-18-16(23)13(3)21-9-6-14(7-10-21)17(24)20-15-11-19-22(5-2)12-15/h4,11-14H,1,5-10H2,2-3H3,(H,18,23)(H,20,24)/t13-/m0/s1. The molecule has 1 fully saturated rings. The van der Waals surface area contributed by atoms with Crippen molar-refractivity contribution in [1.82, 2.24) is 20.0 Å². The maximum atomic E-state index is 12.4. The highest BCUT2D eigenvalue weighted by atomic mass is 16.2. The number of likely N-dealkylation sites (tertiary alicyclic amines) is 1. The smallest absolute Gasteiger partial charge is 0.237 e. The lowest BCUT2D eigenvalue weighted by Crippen LogP contribution is -2.49. The summed E-state index contributed by atoms with van der Waals surface area (Å²) >= 11 is 0. The van der Waals surface area contributed by atoms with Gasteiger partial charge >= 0.3 is 0 Å². The van der Waals surface area contributed by atoms with E-state index in [4.69, 9.17) is 0 Å². The monoisotopic (exact) mass is 333 g/mol. The van der Waals surface area contributed by atoms with Gasteiger partial charge in [-0.1, -0.05) is 6.08 Å². The molecular formula is C17H27N5O2. The number of carbonyl (C=O) groups is 2. The van der Waals surface area contributed by atoms with Gasteiger partial charge in [0.1, 0.15) is 0 Å². The molecule has 1 aromatic rings. The summed E-state index contributed by atoms with van der Waals surface area (Å²) in [6, 6.07) is -0.184. The van der Waals surface area contributed by atoms with Crippen molar-refractivity contribution >= 4 is 17.5 Å². The molecule has 0 aromatic carbocycles. The number of anilines is 1. The maximum absolute atomic E-state index is 12.4. The lowest BCUT2D eigenvalue weighted by atomic mass is 9.95. The van der Waals surface area contributed by atoms with Crippen molar-refractivity contribution in [2.45, 2.75) is 39.3 Å². The van der Waals surface area contributed by atoms with E-state index in [0.717, 1.165) is 38.2 Å². The predicted molar refractivity (Wildman–Crippen MR) is 93.5 cm³/mol. The first kappa shape index (κ1) is 18.2. The number of carbonyl (C=O) groups excluding carboxylic acids is 2. The number of hydrogen-bond acceptors (Lipinski definition) is 4. The highest BCUT2D eigenvalue weighted by molar-refractivity contribution is 5.92. The van der Waals surface area contributed by atoms with Crippen LogP contribution in [0.1, 0.15) is 26.7 Å². The van der Waals surface area contributed by atoms with E-state index in [-0.39, 0.29) is 23.8 Å². The molecule has 2 heterocycles. The lowest BCUT2D eigenvalue weighted by molar-refractivity contribution is -0.126. The van der Waals surface area contributed by atoms with Crippen molar-refractivity contribution in [1.29, 1.82) is 0 Å². The van der Waals surface area contributed by atoms with Crippen LogP contribution in [0.25, 0.3) is 0 Å². The van der Waals surface area contributed by atoms with Crippen molar-refractivity contribution in [2.24, 2.45) is 5.92 Å². The first-order valence-electron chi connectivity index (χ1n) is 8.51. The molecule has 1 saturated heterocycles. The maximum Gasteiger partial charge on any atom is 0.237 e. The van der Waals surface area contributed by atoms with Crippen LogP contribution in [0.3, 0.4) is 0 Å². The third-order valence-corrected chi connectivity index (χ3v) is 4.47. The van der Waals surface area contributed by atoms with Gasteiger partial charge in [0, 0.05) is 25.2 Å². The van der Waals surface area contributed by atoms with Crippen LogP contribution in [-0.2, 0) is 16.1 Å². The van der Waals surface area contributed by atoms with Gasteiger partial charge in [-0.05, 0) is 39.8 Å². The Labute approximate surface area is 143 Å². The van der Waals surface area contributed by atoms with Crippen LogP contribution in [0, 0.1) is 5.92 Å². The van der Waals surface area contributed by atoms with Gasteiger partial charge in [-0.25, -0.2) is 0 Å². The van der Waals surface area contributed by atoms with Gasteiger partial charge in [-0.3, -0.25) is 19.2 Å². The molecule has 1 aliphatic heterocycles.